The van der Waals surface area contributed by atoms with Gasteiger partial charge >= 0.3 is 0 Å². The van der Waals surface area contributed by atoms with Gasteiger partial charge in [-0.2, -0.15) is 5.26 Å². The highest BCUT2D eigenvalue weighted by Gasteiger charge is 2.55. The summed E-state index contributed by atoms with van der Waals surface area (Å²) in [5.74, 6) is 2.34. The van der Waals surface area contributed by atoms with Crippen LogP contribution in [0.1, 0.15) is 77.6 Å². The minimum atomic E-state index is -0.689. The van der Waals surface area contributed by atoms with Gasteiger partial charge in [-0.25, -0.2) is 0 Å². The fourth-order valence-electron chi connectivity index (χ4n) is 4.96. The molecule has 2 atom stereocenters. The van der Waals surface area contributed by atoms with E-state index in [0.717, 1.165) is 56.8 Å². The SMILES string of the molecule is CCC1CCC(C#N)(C2(O)CCCC(C3CC3)C2)CC1. The van der Waals surface area contributed by atoms with Gasteiger partial charge in [0.15, 0.2) is 0 Å². The molecule has 3 fully saturated rings. The lowest BCUT2D eigenvalue weighted by molar-refractivity contribution is -0.116. The van der Waals surface area contributed by atoms with Crippen LogP contribution in [0.4, 0.5) is 0 Å². The molecule has 0 aliphatic heterocycles. The van der Waals surface area contributed by atoms with Gasteiger partial charge < -0.3 is 5.11 Å². The van der Waals surface area contributed by atoms with E-state index in [0.29, 0.717) is 5.92 Å². The molecule has 20 heavy (non-hydrogen) atoms. The Kier molecular flexibility index (Phi) is 3.84. The van der Waals surface area contributed by atoms with E-state index < -0.39 is 11.0 Å². The third-order valence-corrected chi connectivity index (χ3v) is 6.69. The molecular weight excluding hydrogens is 246 g/mol. The minimum absolute atomic E-state index is 0.438. The van der Waals surface area contributed by atoms with Crippen LogP contribution in [0.2, 0.25) is 0 Å². The van der Waals surface area contributed by atoms with E-state index in [1.165, 1.54) is 25.7 Å². The zero-order chi connectivity index (χ0) is 14.2. The largest absolute Gasteiger partial charge is 0.388 e. The lowest BCUT2D eigenvalue weighted by atomic mass is 9.56. The number of hydrogen-bond acceptors (Lipinski definition) is 2. The van der Waals surface area contributed by atoms with Gasteiger partial charge in [-0.1, -0.05) is 19.8 Å². The first-order valence-corrected chi connectivity index (χ1v) is 8.76. The summed E-state index contributed by atoms with van der Waals surface area (Å²) in [7, 11) is 0. The summed E-state index contributed by atoms with van der Waals surface area (Å²) in [5, 5.41) is 21.2. The van der Waals surface area contributed by atoms with Gasteiger partial charge in [-0.3, -0.25) is 0 Å². The van der Waals surface area contributed by atoms with Crippen LogP contribution in [-0.4, -0.2) is 10.7 Å². The van der Waals surface area contributed by atoms with Gasteiger partial charge in [-0.05, 0) is 75.5 Å². The molecule has 0 aromatic heterocycles. The lowest BCUT2D eigenvalue weighted by Gasteiger charge is -2.50. The van der Waals surface area contributed by atoms with Crippen LogP contribution < -0.4 is 0 Å². The van der Waals surface area contributed by atoms with Crippen LogP contribution in [0.5, 0.6) is 0 Å². The average Bonchev–Trinajstić information content (AvgIpc) is 3.32. The normalized spacial score (nSPS) is 45.9. The molecule has 2 heteroatoms. The highest BCUT2D eigenvalue weighted by Crippen LogP contribution is 2.56. The second kappa shape index (κ2) is 5.34. The molecule has 0 heterocycles. The van der Waals surface area contributed by atoms with E-state index >= 15 is 0 Å². The molecule has 0 amide bonds. The maximum atomic E-state index is 11.3. The molecule has 1 N–H and O–H groups in total. The van der Waals surface area contributed by atoms with Crippen molar-refractivity contribution in [1.82, 2.24) is 0 Å². The Morgan fingerprint density at radius 2 is 1.75 bits per heavy atom. The van der Waals surface area contributed by atoms with Crippen molar-refractivity contribution in [1.29, 1.82) is 5.26 Å². The van der Waals surface area contributed by atoms with Crippen molar-refractivity contribution in [3.63, 3.8) is 0 Å². The molecule has 0 bridgehead atoms. The van der Waals surface area contributed by atoms with E-state index in [1.54, 1.807) is 0 Å². The van der Waals surface area contributed by atoms with Gasteiger partial charge in [0.05, 0.1) is 17.1 Å². The third-order valence-electron chi connectivity index (χ3n) is 6.69. The predicted octanol–water partition coefficient (Wildman–Crippen LogP) is 4.43. The molecule has 3 aliphatic rings. The topological polar surface area (TPSA) is 44.0 Å². The van der Waals surface area contributed by atoms with E-state index in [4.69, 9.17) is 0 Å². The summed E-state index contributed by atoms with van der Waals surface area (Å²) < 4.78 is 0. The van der Waals surface area contributed by atoms with Gasteiger partial charge in [0.25, 0.3) is 0 Å². The monoisotopic (exact) mass is 275 g/mol. The summed E-state index contributed by atoms with van der Waals surface area (Å²) in [6, 6.07) is 2.60. The van der Waals surface area contributed by atoms with E-state index in [1.807, 2.05) is 0 Å². The fraction of sp³-hybridized carbons (Fsp3) is 0.944. The van der Waals surface area contributed by atoms with Crippen LogP contribution in [0.3, 0.4) is 0 Å². The van der Waals surface area contributed by atoms with Crippen LogP contribution in [-0.2, 0) is 0 Å². The molecule has 0 saturated heterocycles. The molecule has 3 rings (SSSR count). The van der Waals surface area contributed by atoms with Crippen LogP contribution in [0.25, 0.3) is 0 Å². The molecular formula is C18H29NO. The number of hydrogen-bond donors (Lipinski definition) is 1. The molecule has 0 aromatic rings. The molecule has 112 valence electrons. The molecule has 2 unspecified atom stereocenters. The van der Waals surface area contributed by atoms with Crippen molar-refractivity contribution in [2.75, 3.05) is 0 Å². The Hall–Kier alpha value is -0.550. The number of nitriles is 1. The Labute approximate surface area is 123 Å². The van der Waals surface area contributed by atoms with Crippen molar-refractivity contribution >= 4 is 0 Å². The van der Waals surface area contributed by atoms with E-state index in [2.05, 4.69) is 13.0 Å². The van der Waals surface area contributed by atoms with E-state index in [9.17, 15) is 10.4 Å². The Bertz CT molecular complexity index is 387. The highest BCUT2D eigenvalue weighted by atomic mass is 16.3. The average molecular weight is 275 g/mol. The highest BCUT2D eigenvalue weighted by molar-refractivity contribution is 5.15. The van der Waals surface area contributed by atoms with Crippen molar-refractivity contribution in [3.8, 4) is 6.07 Å². The summed E-state index contributed by atoms with van der Waals surface area (Å²) >= 11 is 0. The summed E-state index contributed by atoms with van der Waals surface area (Å²) in [4.78, 5) is 0. The smallest absolute Gasteiger partial charge is 0.0860 e. The van der Waals surface area contributed by atoms with Crippen molar-refractivity contribution in [2.24, 2.45) is 23.2 Å². The molecule has 0 radical (unpaired) electrons. The minimum Gasteiger partial charge on any atom is -0.388 e. The second-order valence-corrected chi connectivity index (χ2v) is 7.77. The Morgan fingerprint density at radius 1 is 1.05 bits per heavy atom. The van der Waals surface area contributed by atoms with E-state index in [-0.39, 0.29) is 0 Å². The Morgan fingerprint density at radius 3 is 2.30 bits per heavy atom. The first kappa shape index (κ1) is 14.4. The fourth-order valence-corrected chi connectivity index (χ4v) is 4.96. The molecule has 0 aromatic carbocycles. The molecule has 0 spiro atoms. The quantitative estimate of drug-likeness (QED) is 0.828. The predicted molar refractivity (Wildman–Crippen MR) is 79.9 cm³/mol. The maximum Gasteiger partial charge on any atom is 0.0860 e. The molecule has 3 saturated carbocycles. The van der Waals surface area contributed by atoms with Gasteiger partial charge in [0.1, 0.15) is 0 Å². The molecule has 2 nitrogen and oxygen atoms in total. The van der Waals surface area contributed by atoms with Gasteiger partial charge in [0, 0.05) is 0 Å². The summed E-state index contributed by atoms with van der Waals surface area (Å²) in [5.41, 5.74) is -1.13. The number of rotatable bonds is 3. The van der Waals surface area contributed by atoms with Gasteiger partial charge in [0.2, 0.25) is 0 Å². The lowest BCUT2D eigenvalue weighted by Crippen LogP contribution is -2.52. The first-order valence-electron chi connectivity index (χ1n) is 8.76. The van der Waals surface area contributed by atoms with Gasteiger partial charge in [-0.15, -0.1) is 0 Å². The maximum absolute atomic E-state index is 11.3. The van der Waals surface area contributed by atoms with Crippen molar-refractivity contribution in [3.05, 3.63) is 0 Å². The number of aliphatic hydroxyl groups is 1. The molecule has 3 aliphatic carbocycles. The Balaban J connectivity index is 1.75. The third kappa shape index (κ3) is 2.39. The summed E-state index contributed by atoms with van der Waals surface area (Å²) in [6.45, 7) is 2.25. The van der Waals surface area contributed by atoms with Crippen LogP contribution in [0.15, 0.2) is 0 Å². The standard InChI is InChI=1S/C18H29NO/c1-2-14-7-10-17(13-19,11-8-14)18(20)9-3-4-16(12-18)15-5-6-15/h14-16,20H,2-12H2,1H3. The van der Waals surface area contributed by atoms with Crippen LogP contribution in [0, 0.1) is 34.5 Å². The second-order valence-electron chi connectivity index (χ2n) is 7.77. The summed E-state index contributed by atoms with van der Waals surface area (Å²) in [6.07, 6.45) is 12.3. The van der Waals surface area contributed by atoms with Crippen molar-refractivity contribution < 1.29 is 5.11 Å². The van der Waals surface area contributed by atoms with Crippen molar-refractivity contribution in [2.45, 2.75) is 83.2 Å². The first-order chi connectivity index (χ1) is 9.62. The van der Waals surface area contributed by atoms with Crippen LogP contribution >= 0.6 is 0 Å². The number of nitrogens with zero attached hydrogens (tertiary/aromatic N) is 1. The zero-order valence-electron chi connectivity index (χ0n) is 12.9. The zero-order valence-corrected chi connectivity index (χ0v) is 12.9.